The molecule has 2 aliphatic heterocycles. The fraction of sp³-hybridized carbons (Fsp3) is 0.517. The highest BCUT2D eigenvalue weighted by Crippen LogP contribution is 2.45. The summed E-state index contributed by atoms with van der Waals surface area (Å²) in [5.74, 6) is -3.49. The Morgan fingerprint density at radius 3 is 2.75 bits per heavy atom. The van der Waals surface area contributed by atoms with E-state index >= 15 is 0 Å². The van der Waals surface area contributed by atoms with Crippen LogP contribution < -0.4 is 10.1 Å². The zero-order chi connectivity index (χ0) is 28.4. The summed E-state index contributed by atoms with van der Waals surface area (Å²) in [7, 11) is 0. The van der Waals surface area contributed by atoms with Crippen LogP contribution in [-0.4, -0.2) is 84.0 Å². The molecule has 1 aromatic heterocycles. The predicted molar refractivity (Wildman–Crippen MR) is 144 cm³/mol. The van der Waals surface area contributed by atoms with Crippen molar-refractivity contribution in [3.8, 4) is 5.75 Å². The molecule has 218 valence electrons. The lowest BCUT2D eigenvalue weighted by molar-refractivity contribution is -0.0874. The number of likely N-dealkylation sites (tertiary alicyclic amines) is 1. The number of halogens is 5. The van der Waals surface area contributed by atoms with E-state index in [1.807, 2.05) is 31.2 Å². The van der Waals surface area contributed by atoms with Gasteiger partial charge in [0.2, 0.25) is 0 Å². The number of aromatic nitrogens is 1. The molecule has 0 radical (unpaired) electrons. The summed E-state index contributed by atoms with van der Waals surface area (Å²) >= 11 is 0. The lowest BCUT2D eigenvalue weighted by Gasteiger charge is -2.42. The van der Waals surface area contributed by atoms with Gasteiger partial charge in [0.05, 0.1) is 19.3 Å². The molecule has 1 saturated heterocycles. The van der Waals surface area contributed by atoms with E-state index in [1.165, 1.54) is 6.07 Å². The Bertz CT molecular complexity index is 1300. The average molecular weight is 567 g/mol. The molecule has 0 aliphatic carbocycles. The van der Waals surface area contributed by atoms with E-state index < -0.39 is 31.7 Å². The van der Waals surface area contributed by atoms with Gasteiger partial charge in [-0.3, -0.25) is 9.29 Å². The quantitative estimate of drug-likeness (QED) is 0.265. The third kappa shape index (κ3) is 6.06. The Labute approximate surface area is 230 Å². The van der Waals surface area contributed by atoms with Crippen LogP contribution in [0.2, 0.25) is 0 Å². The van der Waals surface area contributed by atoms with Gasteiger partial charge >= 0.3 is 6.61 Å². The molecular weight excluding hydrogens is 531 g/mol. The zero-order valence-corrected chi connectivity index (χ0v) is 22.4. The number of fused-ring (bicyclic) bond motifs is 3. The van der Waals surface area contributed by atoms with Crippen LogP contribution in [-0.2, 0) is 6.42 Å². The molecule has 0 unspecified atom stereocenters. The SMILES string of the molecule is C[C@@H]1Cc2c([nH]c3ccccc23)[C@@H](c2ccc(N[C@H]3CCN(CCCF)C3)cc2OC(F)F)N1CC(F)(F)CO. The number of aromatic amines is 1. The first kappa shape index (κ1) is 28.6. The van der Waals surface area contributed by atoms with Gasteiger partial charge < -0.3 is 25.0 Å². The van der Waals surface area contributed by atoms with Crippen LogP contribution in [0.25, 0.3) is 10.9 Å². The normalized spacial score (nSPS) is 22.2. The molecule has 3 atom stereocenters. The first-order chi connectivity index (χ1) is 19.2. The summed E-state index contributed by atoms with van der Waals surface area (Å²) in [6.07, 6.45) is 1.76. The first-order valence-corrected chi connectivity index (χ1v) is 13.7. The number of H-pyrrole nitrogens is 1. The molecule has 6 nitrogen and oxygen atoms in total. The van der Waals surface area contributed by atoms with Crippen molar-refractivity contribution in [1.29, 1.82) is 0 Å². The Hall–Kier alpha value is -2.89. The molecule has 0 amide bonds. The molecule has 3 heterocycles. The number of nitrogens with zero attached hydrogens (tertiary/aromatic N) is 2. The minimum Gasteiger partial charge on any atom is -0.434 e. The Kier molecular flexibility index (Phi) is 8.53. The highest BCUT2D eigenvalue weighted by Gasteiger charge is 2.42. The number of nitrogens with one attached hydrogen (secondary N) is 2. The summed E-state index contributed by atoms with van der Waals surface area (Å²) in [5, 5.41) is 13.7. The maximum absolute atomic E-state index is 14.6. The second-order valence-corrected chi connectivity index (χ2v) is 10.8. The Morgan fingerprint density at radius 2 is 2.00 bits per heavy atom. The van der Waals surface area contributed by atoms with Gasteiger partial charge in [-0.15, -0.1) is 0 Å². The third-order valence-electron chi connectivity index (χ3n) is 7.94. The average Bonchev–Trinajstić information content (AvgIpc) is 3.52. The van der Waals surface area contributed by atoms with Crippen LogP contribution >= 0.6 is 0 Å². The largest absolute Gasteiger partial charge is 0.434 e. The van der Waals surface area contributed by atoms with Crippen LogP contribution in [0.5, 0.6) is 5.75 Å². The standard InChI is InChI=1S/C29H35F5N4O2/c1-18-13-23-21-5-2-3-6-24(21)36-26(23)27(38(18)16-29(33,34)17-39)22-8-7-19(14-25(22)40-28(31)32)35-20-9-12-37(15-20)11-4-10-30/h2-3,5-8,14,18,20,27-28,35-36,39H,4,9-13,15-17H2,1H3/t18-,20+,27-/m1/s1. The Balaban J connectivity index is 1.53. The monoisotopic (exact) mass is 566 g/mol. The number of alkyl halides is 5. The number of ether oxygens (including phenoxy) is 1. The number of anilines is 1. The number of para-hydroxylation sites is 1. The van der Waals surface area contributed by atoms with Crippen LogP contribution in [0, 0.1) is 0 Å². The van der Waals surface area contributed by atoms with Crippen LogP contribution in [0.15, 0.2) is 42.5 Å². The maximum atomic E-state index is 14.6. The van der Waals surface area contributed by atoms with Crippen molar-refractivity contribution in [2.24, 2.45) is 0 Å². The number of hydrogen-bond donors (Lipinski definition) is 3. The molecule has 3 N–H and O–H groups in total. The van der Waals surface area contributed by atoms with Crippen molar-refractivity contribution in [3.63, 3.8) is 0 Å². The van der Waals surface area contributed by atoms with Crippen LogP contribution in [0.4, 0.5) is 27.6 Å². The van der Waals surface area contributed by atoms with Crippen molar-refractivity contribution in [1.82, 2.24) is 14.8 Å². The Morgan fingerprint density at radius 1 is 1.20 bits per heavy atom. The second kappa shape index (κ2) is 11.9. The van der Waals surface area contributed by atoms with Crippen molar-refractivity contribution in [2.45, 2.75) is 56.8 Å². The molecule has 0 spiro atoms. The predicted octanol–water partition coefficient (Wildman–Crippen LogP) is 5.58. The van der Waals surface area contributed by atoms with E-state index in [2.05, 4.69) is 15.2 Å². The van der Waals surface area contributed by atoms with Gasteiger partial charge in [-0.1, -0.05) is 24.3 Å². The summed E-state index contributed by atoms with van der Waals surface area (Å²) in [6.45, 7) is -1.57. The van der Waals surface area contributed by atoms with E-state index in [9.17, 15) is 27.1 Å². The minimum atomic E-state index is -3.39. The van der Waals surface area contributed by atoms with Gasteiger partial charge in [0, 0.05) is 65.6 Å². The number of aliphatic hydroxyl groups is 1. The van der Waals surface area contributed by atoms with E-state index in [0.717, 1.165) is 29.4 Å². The topological polar surface area (TPSA) is 63.8 Å². The molecule has 3 aromatic rings. The molecule has 2 aliphatic rings. The van der Waals surface area contributed by atoms with Gasteiger partial charge in [-0.25, -0.2) is 8.78 Å². The molecule has 40 heavy (non-hydrogen) atoms. The van der Waals surface area contributed by atoms with Crippen molar-refractivity contribution < 1.29 is 31.8 Å². The van der Waals surface area contributed by atoms with E-state index in [0.29, 0.717) is 42.9 Å². The van der Waals surface area contributed by atoms with Crippen LogP contribution in [0.3, 0.4) is 0 Å². The number of benzene rings is 2. The van der Waals surface area contributed by atoms with Gasteiger partial charge in [0.25, 0.3) is 5.92 Å². The molecule has 5 rings (SSSR count). The lowest BCUT2D eigenvalue weighted by Crippen LogP contribution is -2.49. The number of rotatable bonds is 11. The second-order valence-electron chi connectivity index (χ2n) is 10.8. The summed E-state index contributed by atoms with van der Waals surface area (Å²) in [4.78, 5) is 7.06. The van der Waals surface area contributed by atoms with Gasteiger partial charge in [0.1, 0.15) is 12.4 Å². The maximum Gasteiger partial charge on any atom is 0.387 e. The molecule has 0 saturated carbocycles. The molecule has 1 fully saturated rings. The number of aliphatic hydroxyl groups excluding tert-OH is 1. The van der Waals surface area contributed by atoms with E-state index in [1.54, 1.807) is 17.0 Å². The van der Waals surface area contributed by atoms with Crippen molar-refractivity contribution >= 4 is 16.6 Å². The first-order valence-electron chi connectivity index (χ1n) is 13.7. The molecule has 11 heteroatoms. The van der Waals surface area contributed by atoms with Gasteiger partial charge in [0.15, 0.2) is 0 Å². The third-order valence-corrected chi connectivity index (χ3v) is 7.94. The molecule has 2 aromatic carbocycles. The lowest BCUT2D eigenvalue weighted by atomic mass is 9.87. The smallest absolute Gasteiger partial charge is 0.387 e. The highest BCUT2D eigenvalue weighted by atomic mass is 19.3. The van der Waals surface area contributed by atoms with Crippen molar-refractivity contribution in [3.05, 3.63) is 59.3 Å². The molecular formula is C29H35F5N4O2. The zero-order valence-electron chi connectivity index (χ0n) is 22.4. The summed E-state index contributed by atoms with van der Waals surface area (Å²) in [6, 6.07) is 11.4. The highest BCUT2D eigenvalue weighted by molar-refractivity contribution is 5.85. The van der Waals surface area contributed by atoms with Gasteiger partial charge in [-0.05, 0) is 43.9 Å². The summed E-state index contributed by atoms with van der Waals surface area (Å²) in [5.41, 5.74) is 3.32. The van der Waals surface area contributed by atoms with Crippen LogP contribution in [0.1, 0.15) is 42.6 Å². The summed E-state index contributed by atoms with van der Waals surface area (Å²) < 4.78 is 74.1. The van der Waals surface area contributed by atoms with Gasteiger partial charge in [-0.2, -0.15) is 8.78 Å². The number of hydrogen-bond acceptors (Lipinski definition) is 5. The van der Waals surface area contributed by atoms with E-state index in [4.69, 9.17) is 4.74 Å². The minimum absolute atomic E-state index is 0.0552. The van der Waals surface area contributed by atoms with Crippen molar-refractivity contribution in [2.75, 3.05) is 44.8 Å². The molecule has 0 bridgehead atoms. The fourth-order valence-electron chi connectivity index (χ4n) is 6.13. The van der Waals surface area contributed by atoms with E-state index in [-0.39, 0.29) is 24.5 Å². The fourth-order valence-corrected chi connectivity index (χ4v) is 6.13.